The SMILES string of the molecule is CC(C)(N)CC(F)(F)C(F)(F)F. The van der Waals surface area contributed by atoms with Crippen molar-refractivity contribution >= 4 is 0 Å². The van der Waals surface area contributed by atoms with Gasteiger partial charge in [0.2, 0.25) is 0 Å². The van der Waals surface area contributed by atoms with Crippen molar-refractivity contribution in [3.8, 4) is 0 Å². The first-order chi connectivity index (χ1) is 4.96. The fourth-order valence-electron chi connectivity index (χ4n) is 0.672. The van der Waals surface area contributed by atoms with Crippen LogP contribution in [0.2, 0.25) is 0 Å². The lowest BCUT2D eigenvalue weighted by Crippen LogP contribution is -2.46. The lowest BCUT2D eigenvalue weighted by molar-refractivity contribution is -0.288. The normalized spacial score (nSPS) is 15.0. The average molecular weight is 191 g/mol. The van der Waals surface area contributed by atoms with Gasteiger partial charge in [0.25, 0.3) is 0 Å². The lowest BCUT2D eigenvalue weighted by atomic mass is 9.97. The van der Waals surface area contributed by atoms with E-state index in [4.69, 9.17) is 5.73 Å². The van der Waals surface area contributed by atoms with Crippen LogP contribution in [-0.4, -0.2) is 17.6 Å². The van der Waals surface area contributed by atoms with Crippen LogP contribution in [0.3, 0.4) is 0 Å². The van der Waals surface area contributed by atoms with E-state index >= 15 is 0 Å². The Morgan fingerprint density at radius 3 is 1.42 bits per heavy atom. The lowest BCUT2D eigenvalue weighted by Gasteiger charge is -2.27. The average Bonchev–Trinajstić information content (AvgIpc) is 1.52. The van der Waals surface area contributed by atoms with Gasteiger partial charge in [-0.2, -0.15) is 22.0 Å². The Bertz CT molecular complexity index is 154. The Morgan fingerprint density at radius 2 is 1.33 bits per heavy atom. The molecule has 0 atom stereocenters. The van der Waals surface area contributed by atoms with E-state index in [1.54, 1.807) is 0 Å². The molecule has 0 unspecified atom stereocenters. The summed E-state index contributed by atoms with van der Waals surface area (Å²) in [6, 6.07) is 0. The molecular formula is C6H10F5N. The van der Waals surface area contributed by atoms with Gasteiger partial charge in [-0.1, -0.05) is 0 Å². The maximum absolute atomic E-state index is 12.2. The zero-order valence-corrected chi connectivity index (χ0v) is 6.67. The van der Waals surface area contributed by atoms with E-state index in [2.05, 4.69) is 0 Å². The molecule has 0 aliphatic rings. The monoisotopic (exact) mass is 191 g/mol. The van der Waals surface area contributed by atoms with E-state index in [9.17, 15) is 22.0 Å². The van der Waals surface area contributed by atoms with Gasteiger partial charge in [-0.05, 0) is 13.8 Å². The van der Waals surface area contributed by atoms with E-state index in [-0.39, 0.29) is 0 Å². The van der Waals surface area contributed by atoms with Gasteiger partial charge >= 0.3 is 12.1 Å². The third-order valence-corrected chi connectivity index (χ3v) is 1.09. The maximum atomic E-state index is 12.2. The first-order valence-corrected chi connectivity index (χ1v) is 3.19. The van der Waals surface area contributed by atoms with Crippen LogP contribution in [-0.2, 0) is 0 Å². The van der Waals surface area contributed by atoms with Crippen LogP contribution in [0.1, 0.15) is 20.3 Å². The summed E-state index contributed by atoms with van der Waals surface area (Å²) in [5.41, 5.74) is 3.51. The first-order valence-electron chi connectivity index (χ1n) is 3.19. The van der Waals surface area contributed by atoms with Crippen molar-refractivity contribution in [1.82, 2.24) is 0 Å². The number of nitrogens with two attached hydrogens (primary N) is 1. The van der Waals surface area contributed by atoms with Crippen LogP contribution < -0.4 is 5.73 Å². The summed E-state index contributed by atoms with van der Waals surface area (Å²) in [7, 11) is 0. The van der Waals surface area contributed by atoms with Crippen molar-refractivity contribution in [3.63, 3.8) is 0 Å². The van der Waals surface area contributed by atoms with Crippen molar-refractivity contribution in [2.24, 2.45) is 5.73 Å². The Morgan fingerprint density at radius 1 is 1.00 bits per heavy atom. The summed E-state index contributed by atoms with van der Waals surface area (Å²) in [5.74, 6) is -4.70. The van der Waals surface area contributed by atoms with E-state index in [0.29, 0.717) is 0 Å². The fourth-order valence-corrected chi connectivity index (χ4v) is 0.672. The number of hydrogen-bond donors (Lipinski definition) is 1. The molecule has 0 amide bonds. The van der Waals surface area contributed by atoms with Crippen molar-refractivity contribution in [1.29, 1.82) is 0 Å². The van der Waals surface area contributed by atoms with Gasteiger partial charge in [-0.15, -0.1) is 0 Å². The zero-order chi connectivity index (χ0) is 10.2. The van der Waals surface area contributed by atoms with E-state index < -0.39 is 24.1 Å². The summed E-state index contributed by atoms with van der Waals surface area (Å²) in [4.78, 5) is 0. The molecule has 0 saturated carbocycles. The van der Waals surface area contributed by atoms with Gasteiger partial charge in [0, 0.05) is 12.0 Å². The van der Waals surface area contributed by atoms with Crippen LogP contribution in [0.15, 0.2) is 0 Å². The second-order valence-electron chi connectivity index (χ2n) is 3.37. The second kappa shape index (κ2) is 2.83. The highest BCUT2D eigenvalue weighted by Crippen LogP contribution is 2.40. The smallest absolute Gasteiger partial charge is 0.325 e. The summed E-state index contributed by atoms with van der Waals surface area (Å²) < 4.78 is 59.1. The van der Waals surface area contributed by atoms with Crippen molar-refractivity contribution in [2.75, 3.05) is 0 Å². The predicted octanol–water partition coefficient (Wildman–Crippen LogP) is 2.31. The maximum Gasteiger partial charge on any atom is 0.453 e. The van der Waals surface area contributed by atoms with Crippen LogP contribution in [0, 0.1) is 0 Å². The standard InChI is InChI=1S/C6H10F5N/c1-4(2,12)3-5(7,8)6(9,10)11/h3,12H2,1-2H3. The zero-order valence-electron chi connectivity index (χ0n) is 6.67. The fraction of sp³-hybridized carbons (Fsp3) is 1.00. The molecule has 6 heteroatoms. The van der Waals surface area contributed by atoms with Crippen LogP contribution in [0.4, 0.5) is 22.0 Å². The molecule has 0 aliphatic carbocycles. The molecule has 74 valence electrons. The van der Waals surface area contributed by atoms with Gasteiger partial charge in [0.15, 0.2) is 0 Å². The predicted molar refractivity (Wildman–Crippen MR) is 33.9 cm³/mol. The molecule has 0 radical (unpaired) electrons. The highest BCUT2D eigenvalue weighted by molar-refractivity contribution is 4.86. The van der Waals surface area contributed by atoms with E-state index in [1.807, 2.05) is 0 Å². The van der Waals surface area contributed by atoms with Crippen LogP contribution in [0.5, 0.6) is 0 Å². The molecule has 0 aliphatic heterocycles. The molecule has 12 heavy (non-hydrogen) atoms. The number of halogens is 5. The Kier molecular flexibility index (Phi) is 2.74. The Labute approximate surface area is 66.7 Å². The van der Waals surface area contributed by atoms with Gasteiger partial charge in [-0.25, -0.2) is 0 Å². The quantitative estimate of drug-likeness (QED) is 0.666. The Hall–Kier alpha value is -0.390. The van der Waals surface area contributed by atoms with Crippen LogP contribution >= 0.6 is 0 Å². The topological polar surface area (TPSA) is 26.0 Å². The largest absolute Gasteiger partial charge is 0.453 e. The molecule has 0 bridgehead atoms. The van der Waals surface area contributed by atoms with E-state index in [0.717, 1.165) is 13.8 Å². The molecule has 0 aromatic carbocycles. The first kappa shape index (κ1) is 11.6. The van der Waals surface area contributed by atoms with Gasteiger partial charge in [0.1, 0.15) is 0 Å². The molecule has 0 spiro atoms. The minimum absolute atomic E-state index is 1.12. The minimum atomic E-state index is -5.51. The van der Waals surface area contributed by atoms with E-state index in [1.165, 1.54) is 0 Å². The molecule has 0 heterocycles. The summed E-state index contributed by atoms with van der Waals surface area (Å²) in [5, 5.41) is 0. The minimum Gasteiger partial charge on any atom is -0.325 e. The number of hydrogen-bond acceptors (Lipinski definition) is 1. The summed E-state index contributed by atoms with van der Waals surface area (Å²) in [6.45, 7) is 2.24. The third-order valence-electron chi connectivity index (χ3n) is 1.09. The number of rotatable bonds is 2. The van der Waals surface area contributed by atoms with Crippen molar-refractivity contribution in [2.45, 2.75) is 37.9 Å². The highest BCUT2D eigenvalue weighted by atomic mass is 19.4. The molecule has 0 aromatic heterocycles. The third kappa shape index (κ3) is 3.34. The summed E-state index contributed by atoms with van der Waals surface area (Å²) >= 11 is 0. The molecular weight excluding hydrogens is 181 g/mol. The molecule has 0 rings (SSSR count). The molecule has 1 nitrogen and oxygen atoms in total. The van der Waals surface area contributed by atoms with Crippen molar-refractivity contribution < 1.29 is 22.0 Å². The number of alkyl halides is 5. The molecule has 0 saturated heterocycles. The molecule has 0 fully saturated rings. The van der Waals surface area contributed by atoms with Gasteiger partial charge < -0.3 is 5.73 Å². The molecule has 0 aromatic rings. The Balaban J connectivity index is 4.44. The van der Waals surface area contributed by atoms with Gasteiger partial charge in [0.05, 0.1) is 0 Å². The summed E-state index contributed by atoms with van der Waals surface area (Å²) in [6.07, 6.45) is -6.91. The van der Waals surface area contributed by atoms with Crippen molar-refractivity contribution in [3.05, 3.63) is 0 Å². The van der Waals surface area contributed by atoms with Gasteiger partial charge in [-0.3, -0.25) is 0 Å². The van der Waals surface area contributed by atoms with Crippen LogP contribution in [0.25, 0.3) is 0 Å². The second-order valence-corrected chi connectivity index (χ2v) is 3.37. The highest BCUT2D eigenvalue weighted by Gasteiger charge is 2.58. The molecule has 2 N–H and O–H groups in total.